The number of hydrogen-bond donors (Lipinski definition) is 0. The standard InChI is InChI=1S/C13H16BrCl2N/c14-8-10-4-6-17(7-5-10)9-11-2-1-3-12(15)13(11)16/h1-3,10H,4-9H2. The highest BCUT2D eigenvalue weighted by Crippen LogP contribution is 2.28. The van der Waals surface area contributed by atoms with E-state index in [1.54, 1.807) is 0 Å². The first kappa shape index (κ1) is 13.7. The molecule has 0 N–H and O–H groups in total. The third-order valence-corrected chi connectivity index (χ3v) is 5.12. The van der Waals surface area contributed by atoms with Gasteiger partial charge in [-0.15, -0.1) is 0 Å². The number of alkyl halides is 1. The maximum atomic E-state index is 6.20. The van der Waals surface area contributed by atoms with Crippen molar-refractivity contribution in [2.45, 2.75) is 19.4 Å². The Morgan fingerprint density at radius 1 is 1.24 bits per heavy atom. The van der Waals surface area contributed by atoms with Crippen molar-refractivity contribution < 1.29 is 0 Å². The lowest BCUT2D eigenvalue weighted by atomic mass is 9.99. The van der Waals surface area contributed by atoms with Crippen LogP contribution in [0.4, 0.5) is 0 Å². The third kappa shape index (κ3) is 3.60. The van der Waals surface area contributed by atoms with Gasteiger partial charge < -0.3 is 0 Å². The van der Waals surface area contributed by atoms with Crippen molar-refractivity contribution >= 4 is 39.1 Å². The van der Waals surface area contributed by atoms with Gasteiger partial charge in [0, 0.05) is 11.9 Å². The van der Waals surface area contributed by atoms with Crippen LogP contribution in [0.15, 0.2) is 18.2 Å². The maximum Gasteiger partial charge on any atom is 0.0637 e. The molecule has 1 saturated heterocycles. The molecule has 17 heavy (non-hydrogen) atoms. The van der Waals surface area contributed by atoms with Gasteiger partial charge in [0.25, 0.3) is 0 Å². The highest BCUT2D eigenvalue weighted by molar-refractivity contribution is 9.09. The minimum absolute atomic E-state index is 0.652. The lowest BCUT2D eigenvalue weighted by molar-refractivity contribution is 0.187. The molecule has 1 aromatic carbocycles. The zero-order chi connectivity index (χ0) is 12.3. The normalized spacial score (nSPS) is 18.5. The van der Waals surface area contributed by atoms with Crippen molar-refractivity contribution in [2.24, 2.45) is 5.92 Å². The summed E-state index contributed by atoms with van der Waals surface area (Å²) >= 11 is 15.8. The number of rotatable bonds is 3. The summed E-state index contributed by atoms with van der Waals surface area (Å²) in [5, 5.41) is 2.48. The largest absolute Gasteiger partial charge is 0.299 e. The Labute approximate surface area is 121 Å². The van der Waals surface area contributed by atoms with Crippen LogP contribution >= 0.6 is 39.1 Å². The number of nitrogens with zero attached hydrogens (tertiary/aromatic N) is 1. The Morgan fingerprint density at radius 2 is 1.94 bits per heavy atom. The zero-order valence-electron chi connectivity index (χ0n) is 9.63. The van der Waals surface area contributed by atoms with Gasteiger partial charge in [-0.2, -0.15) is 0 Å². The van der Waals surface area contributed by atoms with Crippen molar-refractivity contribution in [3.8, 4) is 0 Å². The predicted octanol–water partition coefficient (Wildman–Crippen LogP) is 4.60. The topological polar surface area (TPSA) is 3.24 Å². The monoisotopic (exact) mass is 335 g/mol. The van der Waals surface area contributed by atoms with E-state index in [4.69, 9.17) is 23.2 Å². The first-order valence-electron chi connectivity index (χ1n) is 5.92. The fraction of sp³-hybridized carbons (Fsp3) is 0.538. The van der Waals surface area contributed by atoms with Crippen molar-refractivity contribution in [3.63, 3.8) is 0 Å². The van der Waals surface area contributed by atoms with Gasteiger partial charge in [0.15, 0.2) is 0 Å². The van der Waals surface area contributed by atoms with E-state index in [9.17, 15) is 0 Å². The Morgan fingerprint density at radius 3 is 2.59 bits per heavy atom. The quantitative estimate of drug-likeness (QED) is 0.729. The lowest BCUT2D eigenvalue weighted by Gasteiger charge is -2.31. The van der Waals surface area contributed by atoms with Crippen LogP contribution in [0.1, 0.15) is 18.4 Å². The second-order valence-electron chi connectivity index (χ2n) is 4.59. The lowest BCUT2D eigenvalue weighted by Crippen LogP contribution is -2.33. The van der Waals surface area contributed by atoms with E-state index in [0.717, 1.165) is 36.4 Å². The molecule has 1 heterocycles. The van der Waals surface area contributed by atoms with Crippen LogP contribution in [0.2, 0.25) is 10.0 Å². The first-order valence-corrected chi connectivity index (χ1v) is 7.79. The van der Waals surface area contributed by atoms with Crippen molar-refractivity contribution in [1.29, 1.82) is 0 Å². The molecule has 1 aromatic rings. The summed E-state index contributed by atoms with van der Waals surface area (Å²) < 4.78 is 0. The summed E-state index contributed by atoms with van der Waals surface area (Å²) in [5.41, 5.74) is 1.14. The van der Waals surface area contributed by atoms with E-state index >= 15 is 0 Å². The average molecular weight is 337 g/mol. The van der Waals surface area contributed by atoms with Crippen LogP contribution in [0.25, 0.3) is 0 Å². The summed E-state index contributed by atoms with van der Waals surface area (Å²) in [4.78, 5) is 2.46. The van der Waals surface area contributed by atoms with Crippen LogP contribution in [0.5, 0.6) is 0 Å². The highest BCUT2D eigenvalue weighted by atomic mass is 79.9. The fourth-order valence-corrected chi connectivity index (χ4v) is 3.24. The highest BCUT2D eigenvalue weighted by Gasteiger charge is 2.19. The SMILES string of the molecule is Clc1cccc(CN2CCC(CBr)CC2)c1Cl. The summed E-state index contributed by atoms with van der Waals surface area (Å²) in [6.07, 6.45) is 2.53. The van der Waals surface area contributed by atoms with E-state index in [0.29, 0.717) is 10.0 Å². The number of hydrogen-bond acceptors (Lipinski definition) is 1. The second kappa shape index (κ2) is 6.42. The smallest absolute Gasteiger partial charge is 0.0637 e. The Bertz CT molecular complexity index is 376. The third-order valence-electron chi connectivity index (χ3n) is 3.35. The predicted molar refractivity (Wildman–Crippen MR) is 78.3 cm³/mol. The molecule has 4 heteroatoms. The number of benzene rings is 1. The molecule has 2 rings (SSSR count). The number of piperidine rings is 1. The first-order chi connectivity index (χ1) is 8.20. The van der Waals surface area contributed by atoms with Crippen LogP contribution in [-0.2, 0) is 6.54 Å². The molecule has 0 amide bonds. The summed E-state index contributed by atoms with van der Waals surface area (Å²) in [6, 6.07) is 5.87. The number of likely N-dealkylation sites (tertiary alicyclic amines) is 1. The van der Waals surface area contributed by atoms with E-state index < -0.39 is 0 Å². The molecule has 0 aliphatic carbocycles. The van der Waals surface area contributed by atoms with Crippen molar-refractivity contribution in [3.05, 3.63) is 33.8 Å². The van der Waals surface area contributed by atoms with Gasteiger partial charge in [0.1, 0.15) is 0 Å². The molecule has 0 saturated carbocycles. The summed E-state index contributed by atoms with van der Waals surface area (Å²) in [6.45, 7) is 3.21. The van der Waals surface area contributed by atoms with Crippen LogP contribution in [0, 0.1) is 5.92 Å². The molecule has 0 spiro atoms. The van der Waals surface area contributed by atoms with Gasteiger partial charge in [-0.05, 0) is 43.5 Å². The van der Waals surface area contributed by atoms with Crippen LogP contribution in [0.3, 0.4) is 0 Å². The van der Waals surface area contributed by atoms with E-state index in [1.165, 1.54) is 12.8 Å². The Hall–Kier alpha value is 0.240. The molecule has 1 aliphatic rings. The van der Waals surface area contributed by atoms with Crippen molar-refractivity contribution in [1.82, 2.24) is 4.90 Å². The minimum atomic E-state index is 0.652. The Kier molecular flexibility index (Phi) is 5.16. The average Bonchev–Trinajstić information content (AvgIpc) is 2.36. The molecular weight excluding hydrogens is 321 g/mol. The van der Waals surface area contributed by atoms with Gasteiger partial charge in [-0.3, -0.25) is 4.90 Å². The van der Waals surface area contributed by atoms with Gasteiger partial charge in [-0.25, -0.2) is 0 Å². The van der Waals surface area contributed by atoms with Gasteiger partial charge in [0.05, 0.1) is 10.0 Å². The van der Waals surface area contributed by atoms with E-state index in [-0.39, 0.29) is 0 Å². The zero-order valence-corrected chi connectivity index (χ0v) is 12.7. The molecule has 0 bridgehead atoms. The second-order valence-corrected chi connectivity index (χ2v) is 6.02. The van der Waals surface area contributed by atoms with Crippen molar-refractivity contribution in [2.75, 3.05) is 18.4 Å². The van der Waals surface area contributed by atoms with E-state index in [1.807, 2.05) is 12.1 Å². The minimum Gasteiger partial charge on any atom is -0.299 e. The van der Waals surface area contributed by atoms with Gasteiger partial charge >= 0.3 is 0 Å². The summed E-state index contributed by atoms with van der Waals surface area (Å²) in [5.74, 6) is 0.834. The van der Waals surface area contributed by atoms with Gasteiger partial charge in [0.2, 0.25) is 0 Å². The molecule has 0 aromatic heterocycles. The molecular formula is C13H16BrCl2N. The van der Waals surface area contributed by atoms with E-state index in [2.05, 4.69) is 26.9 Å². The number of halogens is 3. The molecule has 1 aliphatic heterocycles. The fourth-order valence-electron chi connectivity index (χ4n) is 2.21. The maximum absolute atomic E-state index is 6.20. The van der Waals surface area contributed by atoms with Crippen LogP contribution in [-0.4, -0.2) is 23.3 Å². The summed E-state index contributed by atoms with van der Waals surface area (Å²) in [7, 11) is 0. The molecule has 0 radical (unpaired) electrons. The Balaban J connectivity index is 1.95. The molecule has 0 unspecified atom stereocenters. The molecule has 0 atom stereocenters. The van der Waals surface area contributed by atoms with Gasteiger partial charge in [-0.1, -0.05) is 51.3 Å². The van der Waals surface area contributed by atoms with Crippen LogP contribution < -0.4 is 0 Å². The molecule has 1 fully saturated rings. The molecule has 94 valence electrons. The molecule has 1 nitrogen and oxygen atoms in total.